The highest BCUT2D eigenvalue weighted by molar-refractivity contribution is 5.79. The SMILES string of the molecule is CC(C)NC1(C(=O)O)CCCC(C2CC2)C1. The molecule has 2 fully saturated rings. The van der Waals surface area contributed by atoms with E-state index in [1.807, 2.05) is 13.8 Å². The van der Waals surface area contributed by atoms with Gasteiger partial charge < -0.3 is 5.11 Å². The van der Waals surface area contributed by atoms with E-state index in [0.29, 0.717) is 5.92 Å². The number of hydrogen-bond donors (Lipinski definition) is 2. The molecule has 2 atom stereocenters. The summed E-state index contributed by atoms with van der Waals surface area (Å²) < 4.78 is 0. The fourth-order valence-electron chi connectivity index (χ4n) is 3.23. The fraction of sp³-hybridized carbons (Fsp3) is 0.923. The number of rotatable bonds is 4. The summed E-state index contributed by atoms with van der Waals surface area (Å²) in [6.45, 7) is 4.07. The highest BCUT2D eigenvalue weighted by atomic mass is 16.4. The van der Waals surface area contributed by atoms with Gasteiger partial charge in [0.25, 0.3) is 0 Å². The molecule has 2 aliphatic carbocycles. The van der Waals surface area contributed by atoms with Crippen molar-refractivity contribution in [3.05, 3.63) is 0 Å². The zero-order chi connectivity index (χ0) is 11.8. The van der Waals surface area contributed by atoms with Gasteiger partial charge in [-0.3, -0.25) is 10.1 Å². The summed E-state index contributed by atoms with van der Waals surface area (Å²) in [5, 5.41) is 12.8. The van der Waals surface area contributed by atoms with Gasteiger partial charge in [-0.1, -0.05) is 12.8 Å². The van der Waals surface area contributed by atoms with Crippen molar-refractivity contribution in [3.63, 3.8) is 0 Å². The van der Waals surface area contributed by atoms with Gasteiger partial charge in [0.2, 0.25) is 0 Å². The summed E-state index contributed by atoms with van der Waals surface area (Å²) in [6.07, 6.45) is 6.58. The van der Waals surface area contributed by atoms with Gasteiger partial charge in [-0.25, -0.2) is 0 Å². The second kappa shape index (κ2) is 4.36. The Morgan fingerprint density at radius 3 is 2.50 bits per heavy atom. The van der Waals surface area contributed by atoms with Crippen LogP contribution in [0.4, 0.5) is 0 Å². The first-order valence-corrected chi connectivity index (χ1v) is 6.54. The Morgan fingerprint density at radius 2 is 2.00 bits per heavy atom. The quantitative estimate of drug-likeness (QED) is 0.772. The highest BCUT2D eigenvalue weighted by Gasteiger charge is 2.46. The highest BCUT2D eigenvalue weighted by Crippen LogP contribution is 2.46. The van der Waals surface area contributed by atoms with Gasteiger partial charge in [-0.15, -0.1) is 0 Å². The van der Waals surface area contributed by atoms with E-state index in [1.54, 1.807) is 0 Å². The molecule has 0 saturated heterocycles. The normalized spacial score (nSPS) is 35.3. The maximum absolute atomic E-state index is 11.5. The lowest BCUT2D eigenvalue weighted by Crippen LogP contribution is -2.57. The van der Waals surface area contributed by atoms with E-state index in [4.69, 9.17) is 0 Å². The van der Waals surface area contributed by atoms with E-state index in [-0.39, 0.29) is 6.04 Å². The zero-order valence-electron chi connectivity index (χ0n) is 10.3. The second-order valence-corrected chi connectivity index (χ2v) is 5.88. The van der Waals surface area contributed by atoms with Crippen LogP contribution in [0.1, 0.15) is 52.4 Å². The standard InChI is InChI=1S/C13H23NO2/c1-9(2)14-13(12(15)16)7-3-4-11(8-13)10-5-6-10/h9-11,14H,3-8H2,1-2H3,(H,15,16). The lowest BCUT2D eigenvalue weighted by Gasteiger charge is -2.40. The molecule has 2 N–H and O–H groups in total. The van der Waals surface area contributed by atoms with Crippen LogP contribution in [0.3, 0.4) is 0 Å². The van der Waals surface area contributed by atoms with E-state index in [9.17, 15) is 9.90 Å². The Hall–Kier alpha value is -0.570. The molecule has 3 heteroatoms. The Kier molecular flexibility index (Phi) is 3.24. The zero-order valence-corrected chi connectivity index (χ0v) is 10.3. The van der Waals surface area contributed by atoms with Crippen molar-refractivity contribution < 1.29 is 9.90 Å². The average Bonchev–Trinajstić information content (AvgIpc) is 2.99. The largest absolute Gasteiger partial charge is 0.480 e. The van der Waals surface area contributed by atoms with Crippen LogP contribution in [0.25, 0.3) is 0 Å². The Balaban J connectivity index is 2.07. The first-order chi connectivity index (χ1) is 7.53. The predicted molar refractivity (Wildman–Crippen MR) is 63.3 cm³/mol. The van der Waals surface area contributed by atoms with Crippen LogP contribution >= 0.6 is 0 Å². The number of aliphatic carboxylic acids is 1. The van der Waals surface area contributed by atoms with Crippen LogP contribution in [0.2, 0.25) is 0 Å². The maximum atomic E-state index is 11.5. The molecular weight excluding hydrogens is 202 g/mol. The Labute approximate surface area is 97.6 Å². The first kappa shape index (κ1) is 11.9. The second-order valence-electron chi connectivity index (χ2n) is 5.88. The van der Waals surface area contributed by atoms with Crippen molar-refractivity contribution >= 4 is 5.97 Å². The molecule has 2 unspecified atom stereocenters. The van der Waals surface area contributed by atoms with Crippen LogP contribution in [0.15, 0.2) is 0 Å². The molecule has 16 heavy (non-hydrogen) atoms. The third kappa shape index (κ3) is 2.40. The van der Waals surface area contributed by atoms with E-state index < -0.39 is 11.5 Å². The maximum Gasteiger partial charge on any atom is 0.323 e. The fourth-order valence-corrected chi connectivity index (χ4v) is 3.23. The van der Waals surface area contributed by atoms with E-state index in [1.165, 1.54) is 19.3 Å². The smallest absolute Gasteiger partial charge is 0.323 e. The van der Waals surface area contributed by atoms with Crippen molar-refractivity contribution in [3.8, 4) is 0 Å². The molecule has 0 aromatic heterocycles. The molecule has 0 heterocycles. The number of carboxylic acids is 1. The summed E-state index contributed by atoms with van der Waals surface area (Å²) in [5.74, 6) is 0.829. The summed E-state index contributed by atoms with van der Waals surface area (Å²) in [6, 6.07) is 0.244. The lowest BCUT2D eigenvalue weighted by atomic mass is 9.73. The van der Waals surface area contributed by atoms with Crippen molar-refractivity contribution in [1.29, 1.82) is 0 Å². The predicted octanol–water partition coefficient (Wildman–Crippen LogP) is 2.41. The molecule has 2 rings (SSSR count). The molecule has 0 radical (unpaired) electrons. The molecule has 0 amide bonds. The topological polar surface area (TPSA) is 49.3 Å². The number of carbonyl (C=O) groups is 1. The minimum absolute atomic E-state index is 0.244. The van der Waals surface area contributed by atoms with Gasteiger partial charge in [0, 0.05) is 6.04 Å². The van der Waals surface area contributed by atoms with Crippen LogP contribution < -0.4 is 5.32 Å². The van der Waals surface area contributed by atoms with Crippen molar-refractivity contribution in [2.75, 3.05) is 0 Å². The number of nitrogens with one attached hydrogen (secondary N) is 1. The summed E-state index contributed by atoms with van der Waals surface area (Å²) >= 11 is 0. The molecule has 3 nitrogen and oxygen atoms in total. The lowest BCUT2D eigenvalue weighted by molar-refractivity contribution is -0.147. The number of hydrogen-bond acceptors (Lipinski definition) is 2. The molecule has 0 aromatic carbocycles. The van der Waals surface area contributed by atoms with Crippen molar-refractivity contribution in [2.45, 2.75) is 64.0 Å². The van der Waals surface area contributed by atoms with E-state index in [0.717, 1.165) is 25.2 Å². The van der Waals surface area contributed by atoms with Gasteiger partial charge in [-0.05, 0) is 51.4 Å². The van der Waals surface area contributed by atoms with Crippen LogP contribution in [0.5, 0.6) is 0 Å². The van der Waals surface area contributed by atoms with Crippen LogP contribution in [-0.4, -0.2) is 22.7 Å². The van der Waals surface area contributed by atoms with Gasteiger partial charge in [0.15, 0.2) is 0 Å². The minimum atomic E-state index is -0.647. The third-order valence-corrected chi connectivity index (χ3v) is 4.05. The molecule has 0 spiro atoms. The van der Waals surface area contributed by atoms with E-state index >= 15 is 0 Å². The molecule has 2 aliphatic rings. The van der Waals surface area contributed by atoms with Crippen molar-refractivity contribution in [2.24, 2.45) is 11.8 Å². The first-order valence-electron chi connectivity index (χ1n) is 6.54. The molecule has 2 saturated carbocycles. The summed E-state index contributed by atoms with van der Waals surface area (Å²) in [5.41, 5.74) is -0.639. The minimum Gasteiger partial charge on any atom is -0.480 e. The van der Waals surface area contributed by atoms with Gasteiger partial charge >= 0.3 is 5.97 Å². The van der Waals surface area contributed by atoms with E-state index in [2.05, 4.69) is 5.32 Å². The molecule has 0 bridgehead atoms. The van der Waals surface area contributed by atoms with Crippen LogP contribution in [0, 0.1) is 11.8 Å². The van der Waals surface area contributed by atoms with Crippen LogP contribution in [-0.2, 0) is 4.79 Å². The summed E-state index contributed by atoms with van der Waals surface area (Å²) in [7, 11) is 0. The van der Waals surface area contributed by atoms with Gasteiger partial charge in [0.1, 0.15) is 5.54 Å². The molecular formula is C13H23NO2. The Morgan fingerprint density at radius 1 is 1.31 bits per heavy atom. The average molecular weight is 225 g/mol. The number of carboxylic acid groups (broad SMARTS) is 1. The summed E-state index contributed by atoms with van der Waals surface area (Å²) in [4.78, 5) is 11.5. The third-order valence-electron chi connectivity index (χ3n) is 4.05. The Bertz CT molecular complexity index is 273. The van der Waals surface area contributed by atoms with Crippen molar-refractivity contribution in [1.82, 2.24) is 5.32 Å². The van der Waals surface area contributed by atoms with Gasteiger partial charge in [-0.2, -0.15) is 0 Å². The van der Waals surface area contributed by atoms with Gasteiger partial charge in [0.05, 0.1) is 0 Å². The monoisotopic (exact) mass is 225 g/mol. The molecule has 0 aromatic rings. The molecule has 0 aliphatic heterocycles. The molecule has 92 valence electrons.